The predicted octanol–water partition coefficient (Wildman–Crippen LogP) is 0.663. The molecule has 0 atom stereocenters. The van der Waals surface area contributed by atoms with E-state index in [0.29, 0.717) is 5.69 Å². The number of nitrogens with one attached hydrogen (secondary N) is 1. The lowest BCUT2D eigenvalue weighted by molar-refractivity contribution is 0.389. The van der Waals surface area contributed by atoms with Crippen LogP contribution in [-0.2, 0) is 0 Å². The van der Waals surface area contributed by atoms with Crippen LogP contribution in [-0.4, -0.2) is 10.7 Å². The molecule has 1 aromatic rings. The molecule has 4 N–H and O–H groups in total. The maximum absolute atomic E-state index is 8.29. The molecule has 0 radical (unpaired) electrons. The first-order chi connectivity index (χ1) is 3.93. The largest absolute Gasteiger partial charge is 0.412 e. The van der Waals surface area contributed by atoms with Gasteiger partial charge in [-0.3, -0.25) is 10.7 Å². The first-order valence-corrected chi connectivity index (χ1v) is 2.38. The quantitative estimate of drug-likeness (QED) is 0.544. The van der Waals surface area contributed by atoms with E-state index in [9.17, 15) is 0 Å². The summed E-state index contributed by atoms with van der Waals surface area (Å²) in [6, 6.07) is 9.14. The zero-order chi connectivity index (χ0) is 5.82. The van der Waals surface area contributed by atoms with E-state index in [1.54, 1.807) is 12.1 Å². The van der Waals surface area contributed by atoms with Gasteiger partial charge in [0.15, 0.2) is 0 Å². The number of hydrogen-bond acceptors (Lipinski definition) is 2. The number of benzene rings is 1. The highest BCUT2D eigenvalue weighted by atomic mass is 16.5. The zero-order valence-corrected chi connectivity index (χ0v) is 4.83. The van der Waals surface area contributed by atoms with Crippen molar-refractivity contribution in [2.24, 2.45) is 0 Å². The van der Waals surface area contributed by atoms with E-state index in [1.165, 1.54) is 0 Å². The highest BCUT2D eigenvalue weighted by Crippen LogP contribution is 2.01. The fourth-order valence-electron chi connectivity index (χ4n) is 0.513. The lowest BCUT2D eigenvalue weighted by atomic mass is 10.3. The van der Waals surface area contributed by atoms with E-state index in [1.807, 2.05) is 23.7 Å². The minimum atomic E-state index is 0. The molecule has 0 fully saturated rings. The second-order valence-corrected chi connectivity index (χ2v) is 1.48. The number of para-hydroxylation sites is 1. The molecule has 0 aliphatic carbocycles. The van der Waals surface area contributed by atoms with E-state index >= 15 is 0 Å². The van der Waals surface area contributed by atoms with Crippen LogP contribution in [0.4, 0.5) is 5.69 Å². The normalized spacial score (nSPS) is 7.67. The van der Waals surface area contributed by atoms with Gasteiger partial charge in [0.1, 0.15) is 0 Å². The van der Waals surface area contributed by atoms with Crippen molar-refractivity contribution in [3.63, 3.8) is 0 Å². The van der Waals surface area contributed by atoms with Gasteiger partial charge in [-0.15, -0.1) is 0 Å². The molecule has 0 spiro atoms. The molecule has 0 aromatic heterocycles. The van der Waals surface area contributed by atoms with E-state index < -0.39 is 0 Å². The van der Waals surface area contributed by atoms with E-state index in [-0.39, 0.29) is 5.48 Å². The van der Waals surface area contributed by atoms with Crippen molar-refractivity contribution in [1.29, 1.82) is 0 Å². The fourth-order valence-corrected chi connectivity index (χ4v) is 0.513. The summed E-state index contributed by atoms with van der Waals surface area (Å²) >= 11 is 0. The maximum Gasteiger partial charge on any atom is 0.0602 e. The monoisotopic (exact) mass is 127 g/mol. The first-order valence-electron chi connectivity index (χ1n) is 2.38. The Kier molecular flexibility index (Phi) is 3.43. The molecule has 1 rings (SSSR count). The van der Waals surface area contributed by atoms with Gasteiger partial charge < -0.3 is 5.48 Å². The Morgan fingerprint density at radius 2 is 1.67 bits per heavy atom. The average molecular weight is 127 g/mol. The Hall–Kier alpha value is -1.06. The molecule has 0 heterocycles. The Morgan fingerprint density at radius 1 is 1.11 bits per heavy atom. The topological polar surface area (TPSA) is 63.8 Å². The summed E-state index contributed by atoms with van der Waals surface area (Å²) in [7, 11) is 0. The van der Waals surface area contributed by atoms with Crippen LogP contribution in [0.1, 0.15) is 0 Å². The summed E-state index contributed by atoms with van der Waals surface area (Å²) in [5, 5.41) is 8.29. The summed E-state index contributed by atoms with van der Waals surface area (Å²) in [6.07, 6.45) is 0. The van der Waals surface area contributed by atoms with Crippen molar-refractivity contribution in [2.75, 3.05) is 5.48 Å². The van der Waals surface area contributed by atoms with Gasteiger partial charge in [-0.1, -0.05) is 18.2 Å². The van der Waals surface area contributed by atoms with E-state index in [0.717, 1.165) is 0 Å². The van der Waals surface area contributed by atoms with Crippen LogP contribution in [0.15, 0.2) is 30.3 Å². The molecule has 9 heavy (non-hydrogen) atoms. The molecule has 3 heteroatoms. The minimum Gasteiger partial charge on any atom is -0.412 e. The summed E-state index contributed by atoms with van der Waals surface area (Å²) in [5.41, 5.74) is 2.74. The van der Waals surface area contributed by atoms with Crippen LogP contribution >= 0.6 is 0 Å². The van der Waals surface area contributed by atoms with Crippen molar-refractivity contribution >= 4 is 5.69 Å². The van der Waals surface area contributed by atoms with Crippen molar-refractivity contribution in [3.05, 3.63) is 30.3 Å². The molecule has 0 saturated carbocycles. The van der Waals surface area contributed by atoms with E-state index in [4.69, 9.17) is 5.21 Å². The second-order valence-electron chi connectivity index (χ2n) is 1.48. The van der Waals surface area contributed by atoms with Crippen molar-refractivity contribution < 1.29 is 10.7 Å². The van der Waals surface area contributed by atoms with Crippen LogP contribution < -0.4 is 5.48 Å². The Bertz CT molecular complexity index is 152. The van der Waals surface area contributed by atoms with Crippen molar-refractivity contribution in [3.8, 4) is 0 Å². The van der Waals surface area contributed by atoms with Crippen LogP contribution in [0.5, 0.6) is 0 Å². The van der Waals surface area contributed by atoms with Gasteiger partial charge >= 0.3 is 0 Å². The molecule has 0 bridgehead atoms. The molecular formula is C6H9NO2. The van der Waals surface area contributed by atoms with Crippen LogP contribution in [0.3, 0.4) is 0 Å². The van der Waals surface area contributed by atoms with Gasteiger partial charge in [0.25, 0.3) is 0 Å². The molecule has 0 unspecified atom stereocenters. The SMILES string of the molecule is O.ONc1ccccc1. The highest BCUT2D eigenvalue weighted by Gasteiger charge is 1.79. The van der Waals surface area contributed by atoms with Crippen LogP contribution in [0, 0.1) is 0 Å². The zero-order valence-electron chi connectivity index (χ0n) is 4.83. The predicted molar refractivity (Wildman–Crippen MR) is 35.5 cm³/mol. The lowest BCUT2D eigenvalue weighted by Gasteiger charge is -1.92. The lowest BCUT2D eigenvalue weighted by Crippen LogP contribution is -1.85. The Labute approximate surface area is 53.2 Å². The second kappa shape index (κ2) is 3.88. The molecule has 1 aromatic carbocycles. The van der Waals surface area contributed by atoms with Gasteiger partial charge in [0, 0.05) is 0 Å². The smallest absolute Gasteiger partial charge is 0.0602 e. The number of rotatable bonds is 1. The van der Waals surface area contributed by atoms with Crippen LogP contribution in [0.2, 0.25) is 0 Å². The van der Waals surface area contributed by atoms with Gasteiger partial charge in [-0.2, -0.15) is 0 Å². The summed E-state index contributed by atoms with van der Waals surface area (Å²) in [6.45, 7) is 0. The highest BCUT2D eigenvalue weighted by molar-refractivity contribution is 5.39. The number of anilines is 1. The molecule has 0 amide bonds. The first kappa shape index (κ1) is 7.94. The molecule has 3 nitrogen and oxygen atoms in total. The Morgan fingerprint density at radius 3 is 2.00 bits per heavy atom. The molecule has 50 valence electrons. The van der Waals surface area contributed by atoms with Gasteiger partial charge in [-0.05, 0) is 12.1 Å². The third-order valence-electron chi connectivity index (χ3n) is 0.903. The average Bonchev–Trinajstić information content (AvgIpc) is 1.90. The van der Waals surface area contributed by atoms with Crippen molar-refractivity contribution in [1.82, 2.24) is 0 Å². The summed E-state index contributed by atoms with van der Waals surface area (Å²) in [5.74, 6) is 0. The minimum absolute atomic E-state index is 0. The van der Waals surface area contributed by atoms with E-state index in [2.05, 4.69) is 0 Å². The summed E-state index contributed by atoms with van der Waals surface area (Å²) in [4.78, 5) is 0. The van der Waals surface area contributed by atoms with Gasteiger partial charge in [-0.25, -0.2) is 0 Å². The molecule has 0 saturated heterocycles. The van der Waals surface area contributed by atoms with Crippen molar-refractivity contribution in [2.45, 2.75) is 0 Å². The number of hydrogen-bond donors (Lipinski definition) is 2. The standard InChI is InChI=1S/C6H7NO.H2O/c8-7-6-4-2-1-3-5-6;/h1-5,7-8H;1H2. The molecular weight excluding hydrogens is 118 g/mol. The fraction of sp³-hybridized carbons (Fsp3) is 0. The third-order valence-corrected chi connectivity index (χ3v) is 0.903. The van der Waals surface area contributed by atoms with Crippen LogP contribution in [0.25, 0.3) is 0 Å². The third kappa shape index (κ3) is 2.12. The van der Waals surface area contributed by atoms with Gasteiger partial charge in [0.2, 0.25) is 0 Å². The Balaban J connectivity index is 0.000000640. The maximum atomic E-state index is 8.29. The molecule has 0 aliphatic heterocycles. The summed E-state index contributed by atoms with van der Waals surface area (Å²) < 4.78 is 0. The molecule has 0 aliphatic rings. The van der Waals surface area contributed by atoms with Gasteiger partial charge in [0.05, 0.1) is 5.69 Å².